The van der Waals surface area contributed by atoms with Crippen molar-refractivity contribution in [2.75, 3.05) is 7.11 Å². The highest BCUT2D eigenvalue weighted by molar-refractivity contribution is 5.92. The largest absolute Gasteiger partial charge is 0.278 e. The zero-order chi connectivity index (χ0) is 12.1. The minimum atomic E-state index is -0.299. The number of aromatic nitrogens is 2. The van der Waals surface area contributed by atoms with Crippen LogP contribution in [0.25, 0.3) is 0 Å². The van der Waals surface area contributed by atoms with E-state index in [0.29, 0.717) is 12.1 Å². The lowest BCUT2D eigenvalue weighted by Gasteiger charge is -2.00. The van der Waals surface area contributed by atoms with E-state index in [4.69, 9.17) is 0 Å². The van der Waals surface area contributed by atoms with Crippen molar-refractivity contribution < 1.29 is 9.63 Å². The van der Waals surface area contributed by atoms with E-state index in [1.807, 2.05) is 30.3 Å². The number of hydroxylamine groups is 1. The van der Waals surface area contributed by atoms with Crippen molar-refractivity contribution >= 4 is 5.91 Å². The molecular formula is C12H13N3O2. The minimum absolute atomic E-state index is 0.299. The summed E-state index contributed by atoms with van der Waals surface area (Å²) < 4.78 is 1.71. The molecule has 0 aliphatic rings. The minimum Gasteiger partial charge on any atom is -0.277 e. The lowest BCUT2D eigenvalue weighted by atomic mass is 10.2. The number of nitrogens with one attached hydrogen (secondary N) is 1. The molecule has 17 heavy (non-hydrogen) atoms. The summed E-state index contributed by atoms with van der Waals surface area (Å²) in [4.78, 5) is 16.0. The molecule has 1 amide bonds. The molecule has 5 nitrogen and oxygen atoms in total. The first-order chi connectivity index (χ1) is 8.29. The lowest BCUT2D eigenvalue weighted by molar-refractivity contribution is 0.0537. The Morgan fingerprint density at radius 2 is 2.18 bits per heavy atom. The molecule has 0 saturated heterocycles. The molecule has 1 aromatic carbocycles. The van der Waals surface area contributed by atoms with Crippen LogP contribution in [0.15, 0.2) is 42.7 Å². The zero-order valence-electron chi connectivity index (χ0n) is 9.46. The van der Waals surface area contributed by atoms with Crippen LogP contribution in [-0.4, -0.2) is 22.8 Å². The van der Waals surface area contributed by atoms with Crippen molar-refractivity contribution in [1.82, 2.24) is 15.3 Å². The van der Waals surface area contributed by atoms with Gasteiger partial charge in [0.05, 0.1) is 25.4 Å². The van der Waals surface area contributed by atoms with Crippen LogP contribution in [0, 0.1) is 0 Å². The van der Waals surface area contributed by atoms with E-state index in [1.54, 1.807) is 10.9 Å². The molecule has 0 aliphatic heterocycles. The Labute approximate surface area is 99.0 Å². The fraction of sp³-hybridized carbons (Fsp3) is 0.167. The highest BCUT2D eigenvalue weighted by Gasteiger charge is 2.07. The number of carbonyl (C=O) groups excluding carboxylic acids is 1. The number of hydrogen-bond acceptors (Lipinski definition) is 3. The van der Waals surface area contributed by atoms with Crippen molar-refractivity contribution in [3.8, 4) is 0 Å². The second-order valence-corrected chi connectivity index (χ2v) is 3.55. The highest BCUT2D eigenvalue weighted by atomic mass is 16.6. The Balaban J connectivity index is 2.06. The number of carbonyl (C=O) groups is 1. The Morgan fingerprint density at radius 3 is 2.88 bits per heavy atom. The van der Waals surface area contributed by atoms with Gasteiger partial charge in [0.1, 0.15) is 0 Å². The van der Waals surface area contributed by atoms with Gasteiger partial charge < -0.3 is 0 Å². The second kappa shape index (κ2) is 5.27. The molecule has 0 unspecified atom stereocenters. The molecule has 0 bridgehead atoms. The van der Waals surface area contributed by atoms with Gasteiger partial charge in [-0.2, -0.15) is 5.10 Å². The molecule has 5 heteroatoms. The molecule has 1 aromatic heterocycles. The summed E-state index contributed by atoms with van der Waals surface area (Å²) in [5.41, 5.74) is 3.86. The van der Waals surface area contributed by atoms with Crippen molar-refractivity contribution in [3.63, 3.8) is 0 Å². The van der Waals surface area contributed by atoms with Crippen molar-refractivity contribution in [3.05, 3.63) is 53.9 Å². The van der Waals surface area contributed by atoms with Gasteiger partial charge in [-0.1, -0.05) is 30.3 Å². The van der Waals surface area contributed by atoms with Crippen LogP contribution < -0.4 is 5.48 Å². The number of amides is 1. The summed E-state index contributed by atoms with van der Waals surface area (Å²) in [7, 11) is 1.40. The summed E-state index contributed by atoms with van der Waals surface area (Å²) in [5, 5.41) is 4.12. The summed E-state index contributed by atoms with van der Waals surface area (Å²) >= 11 is 0. The van der Waals surface area contributed by atoms with Crippen LogP contribution in [0.3, 0.4) is 0 Å². The molecule has 0 spiro atoms. The zero-order valence-corrected chi connectivity index (χ0v) is 9.46. The van der Waals surface area contributed by atoms with Gasteiger partial charge in [0.25, 0.3) is 5.91 Å². The number of nitrogens with zero attached hydrogens (tertiary/aromatic N) is 2. The predicted octanol–water partition coefficient (Wildman–Crippen LogP) is 1.22. The third-order valence-electron chi connectivity index (χ3n) is 2.28. The maximum atomic E-state index is 11.4. The van der Waals surface area contributed by atoms with Gasteiger partial charge in [0, 0.05) is 6.20 Å². The fourth-order valence-corrected chi connectivity index (χ4v) is 1.49. The molecule has 2 aromatic rings. The van der Waals surface area contributed by atoms with Gasteiger partial charge >= 0.3 is 0 Å². The van der Waals surface area contributed by atoms with Crippen molar-refractivity contribution in [1.29, 1.82) is 0 Å². The summed E-state index contributed by atoms with van der Waals surface area (Å²) in [6.45, 7) is 0.640. The van der Waals surface area contributed by atoms with E-state index >= 15 is 0 Å². The van der Waals surface area contributed by atoms with E-state index in [9.17, 15) is 4.79 Å². The molecule has 0 fully saturated rings. The molecule has 0 saturated carbocycles. The molecule has 1 N–H and O–H groups in total. The smallest absolute Gasteiger partial charge is 0.277 e. The van der Waals surface area contributed by atoms with Gasteiger partial charge in [-0.3, -0.25) is 14.3 Å². The van der Waals surface area contributed by atoms with E-state index in [0.717, 1.165) is 5.56 Å². The third kappa shape index (κ3) is 2.92. The van der Waals surface area contributed by atoms with Crippen molar-refractivity contribution in [2.45, 2.75) is 6.54 Å². The SMILES string of the molecule is CONC(=O)c1cnn(Cc2ccccc2)c1. The van der Waals surface area contributed by atoms with Crippen LogP contribution in [0.4, 0.5) is 0 Å². The predicted molar refractivity (Wildman–Crippen MR) is 62.2 cm³/mol. The average Bonchev–Trinajstić information content (AvgIpc) is 2.79. The fourth-order valence-electron chi connectivity index (χ4n) is 1.49. The molecule has 88 valence electrons. The topological polar surface area (TPSA) is 56.1 Å². The highest BCUT2D eigenvalue weighted by Crippen LogP contribution is 2.03. The quantitative estimate of drug-likeness (QED) is 0.805. The molecule has 0 atom stereocenters. The van der Waals surface area contributed by atoms with Gasteiger partial charge in [0.2, 0.25) is 0 Å². The van der Waals surface area contributed by atoms with Crippen LogP contribution in [0.1, 0.15) is 15.9 Å². The normalized spacial score (nSPS) is 10.2. The van der Waals surface area contributed by atoms with Gasteiger partial charge in [0.15, 0.2) is 0 Å². The number of rotatable bonds is 4. The van der Waals surface area contributed by atoms with Crippen molar-refractivity contribution in [2.24, 2.45) is 0 Å². The van der Waals surface area contributed by atoms with Gasteiger partial charge in [-0.05, 0) is 5.56 Å². The number of benzene rings is 1. The molecule has 2 rings (SSSR count). The lowest BCUT2D eigenvalue weighted by Crippen LogP contribution is -2.21. The average molecular weight is 231 g/mol. The van der Waals surface area contributed by atoms with Gasteiger partial charge in [-0.25, -0.2) is 5.48 Å². The first-order valence-corrected chi connectivity index (χ1v) is 5.19. The maximum absolute atomic E-state index is 11.4. The number of hydrogen-bond donors (Lipinski definition) is 1. The Hall–Kier alpha value is -2.14. The Morgan fingerprint density at radius 1 is 1.41 bits per heavy atom. The monoisotopic (exact) mass is 231 g/mol. The summed E-state index contributed by atoms with van der Waals surface area (Å²) in [6, 6.07) is 9.92. The summed E-state index contributed by atoms with van der Waals surface area (Å²) in [6.07, 6.45) is 3.19. The van der Waals surface area contributed by atoms with E-state index < -0.39 is 0 Å². The van der Waals surface area contributed by atoms with Crippen LogP contribution in [-0.2, 0) is 11.4 Å². The molecule has 0 aliphatic carbocycles. The Kier molecular flexibility index (Phi) is 3.52. The first-order valence-electron chi connectivity index (χ1n) is 5.19. The second-order valence-electron chi connectivity index (χ2n) is 3.55. The molecule has 0 radical (unpaired) electrons. The van der Waals surface area contributed by atoms with E-state index in [1.165, 1.54) is 13.3 Å². The maximum Gasteiger partial charge on any atom is 0.278 e. The van der Waals surface area contributed by atoms with Gasteiger partial charge in [-0.15, -0.1) is 0 Å². The Bertz CT molecular complexity index is 493. The standard InChI is InChI=1S/C12H13N3O2/c1-17-14-12(16)11-7-13-15(9-11)8-10-5-3-2-4-6-10/h2-7,9H,8H2,1H3,(H,14,16). The molecule has 1 heterocycles. The van der Waals surface area contributed by atoms with E-state index in [-0.39, 0.29) is 5.91 Å². The summed E-state index contributed by atoms with van der Waals surface area (Å²) in [5.74, 6) is -0.299. The van der Waals surface area contributed by atoms with Crippen LogP contribution in [0.5, 0.6) is 0 Å². The van der Waals surface area contributed by atoms with Crippen LogP contribution in [0.2, 0.25) is 0 Å². The van der Waals surface area contributed by atoms with Crippen LogP contribution >= 0.6 is 0 Å². The van der Waals surface area contributed by atoms with E-state index in [2.05, 4.69) is 15.4 Å². The third-order valence-corrected chi connectivity index (χ3v) is 2.28. The molecular weight excluding hydrogens is 218 g/mol. The first kappa shape index (κ1) is 11.3.